The molecule has 0 fully saturated rings. The highest BCUT2D eigenvalue weighted by Gasteiger charge is 2.16. The minimum atomic E-state index is -0.371. The summed E-state index contributed by atoms with van der Waals surface area (Å²) in [6, 6.07) is 20.0. The van der Waals surface area contributed by atoms with Crippen LogP contribution in [-0.2, 0) is 0 Å². The highest BCUT2D eigenvalue weighted by Crippen LogP contribution is 2.39. The Balaban J connectivity index is 1.66. The minimum absolute atomic E-state index is 0.371. The molecule has 0 unspecified atom stereocenters. The molecule has 172 valence electrons. The normalized spacial score (nSPS) is 10.9. The lowest BCUT2D eigenvalue weighted by atomic mass is 10.0. The Hall–Kier alpha value is -4.10. The number of nitrogens with one attached hydrogen (secondary N) is 1. The van der Waals surface area contributed by atoms with E-state index in [0.29, 0.717) is 44.6 Å². The van der Waals surface area contributed by atoms with Crippen LogP contribution in [0.5, 0.6) is 17.2 Å². The van der Waals surface area contributed by atoms with E-state index in [1.807, 2.05) is 36.4 Å². The molecule has 34 heavy (non-hydrogen) atoms. The number of ether oxygens (including phenoxy) is 3. The topological polar surface area (TPSA) is 82.0 Å². The van der Waals surface area contributed by atoms with Crippen molar-refractivity contribution in [2.24, 2.45) is 5.10 Å². The van der Waals surface area contributed by atoms with Crippen molar-refractivity contribution in [3.05, 3.63) is 82.9 Å². The van der Waals surface area contributed by atoms with Gasteiger partial charge < -0.3 is 14.2 Å². The number of pyridine rings is 1. The third-order valence-corrected chi connectivity index (χ3v) is 5.46. The van der Waals surface area contributed by atoms with Gasteiger partial charge in [0.2, 0.25) is 5.75 Å². The molecule has 0 saturated heterocycles. The Labute approximate surface area is 201 Å². The molecule has 0 radical (unpaired) electrons. The van der Waals surface area contributed by atoms with E-state index in [9.17, 15) is 4.79 Å². The number of halogens is 1. The van der Waals surface area contributed by atoms with E-state index in [1.54, 1.807) is 37.4 Å². The van der Waals surface area contributed by atoms with Crippen LogP contribution < -0.4 is 19.6 Å². The second-order valence-corrected chi connectivity index (χ2v) is 7.64. The molecule has 7 nitrogen and oxygen atoms in total. The molecule has 1 aromatic heterocycles. The largest absolute Gasteiger partial charge is 0.493 e. The molecule has 3 aromatic carbocycles. The van der Waals surface area contributed by atoms with Crippen LogP contribution in [0.2, 0.25) is 5.02 Å². The molecule has 0 atom stereocenters. The van der Waals surface area contributed by atoms with Crippen molar-refractivity contribution in [2.45, 2.75) is 0 Å². The maximum Gasteiger partial charge on any atom is 0.272 e. The van der Waals surface area contributed by atoms with Crippen LogP contribution in [0.3, 0.4) is 0 Å². The fourth-order valence-corrected chi connectivity index (χ4v) is 3.70. The number of carbonyl (C=O) groups excluding carboxylic acids is 1. The molecule has 0 saturated carbocycles. The quantitative estimate of drug-likeness (QED) is 0.288. The van der Waals surface area contributed by atoms with Crippen LogP contribution >= 0.6 is 11.6 Å². The molecule has 0 aliphatic heterocycles. The van der Waals surface area contributed by atoms with Crippen LogP contribution in [0.4, 0.5) is 0 Å². The molecule has 0 bridgehead atoms. The summed E-state index contributed by atoms with van der Waals surface area (Å²) in [5, 5.41) is 5.49. The highest BCUT2D eigenvalue weighted by molar-refractivity contribution is 6.30. The van der Waals surface area contributed by atoms with E-state index in [2.05, 4.69) is 10.5 Å². The van der Waals surface area contributed by atoms with Gasteiger partial charge in [0, 0.05) is 21.5 Å². The second-order valence-electron chi connectivity index (χ2n) is 7.20. The average molecular weight is 476 g/mol. The van der Waals surface area contributed by atoms with E-state index < -0.39 is 0 Å². The van der Waals surface area contributed by atoms with Crippen molar-refractivity contribution in [2.75, 3.05) is 21.3 Å². The molecule has 0 aliphatic carbocycles. The standard InChI is InChI=1S/C26H22ClN3O4/c1-32-23-13-10-17(24(33-2)25(23)34-3)15-28-30-26(31)20-14-22(16-8-11-18(27)12-9-16)29-21-7-5-4-6-19(20)21/h4-15H,1-3H3,(H,30,31)/b28-15+. The molecular weight excluding hydrogens is 454 g/mol. The van der Waals surface area contributed by atoms with E-state index in [0.717, 1.165) is 10.9 Å². The van der Waals surface area contributed by atoms with Crippen LogP contribution in [0.1, 0.15) is 15.9 Å². The fourth-order valence-electron chi connectivity index (χ4n) is 3.58. The number of nitrogens with zero attached hydrogens (tertiary/aromatic N) is 2. The zero-order valence-corrected chi connectivity index (χ0v) is 19.6. The average Bonchev–Trinajstić information content (AvgIpc) is 2.87. The molecule has 4 rings (SSSR count). The van der Waals surface area contributed by atoms with Gasteiger partial charge in [0.1, 0.15) is 0 Å². The van der Waals surface area contributed by atoms with Crippen molar-refractivity contribution < 1.29 is 19.0 Å². The number of aromatic nitrogens is 1. The summed E-state index contributed by atoms with van der Waals surface area (Å²) < 4.78 is 16.1. The lowest BCUT2D eigenvalue weighted by Gasteiger charge is -2.13. The maximum absolute atomic E-state index is 13.1. The van der Waals surface area contributed by atoms with Gasteiger partial charge >= 0.3 is 0 Å². The lowest BCUT2D eigenvalue weighted by molar-refractivity contribution is 0.0956. The SMILES string of the molecule is COc1ccc(/C=N/NC(=O)c2cc(-c3ccc(Cl)cc3)nc3ccccc23)c(OC)c1OC. The Morgan fingerprint density at radius 1 is 0.941 bits per heavy atom. The van der Waals surface area contributed by atoms with Gasteiger partial charge in [-0.1, -0.05) is 41.9 Å². The zero-order chi connectivity index (χ0) is 24.1. The summed E-state index contributed by atoms with van der Waals surface area (Å²) in [5.74, 6) is 1.04. The molecule has 4 aromatic rings. The lowest BCUT2D eigenvalue weighted by Crippen LogP contribution is -2.18. The predicted octanol–water partition coefficient (Wildman–Crippen LogP) is 5.34. The van der Waals surface area contributed by atoms with Crippen molar-refractivity contribution in [3.63, 3.8) is 0 Å². The van der Waals surface area contributed by atoms with Crippen LogP contribution in [0.25, 0.3) is 22.2 Å². The monoisotopic (exact) mass is 475 g/mol. The third-order valence-electron chi connectivity index (χ3n) is 5.21. The Bertz CT molecular complexity index is 1370. The van der Waals surface area contributed by atoms with Crippen molar-refractivity contribution in [1.82, 2.24) is 10.4 Å². The third kappa shape index (κ3) is 4.65. The molecule has 1 amide bonds. The molecule has 0 aliphatic rings. The van der Waals surface area contributed by atoms with Gasteiger partial charge in [-0.3, -0.25) is 4.79 Å². The Morgan fingerprint density at radius 3 is 2.38 bits per heavy atom. The number of para-hydroxylation sites is 1. The highest BCUT2D eigenvalue weighted by atomic mass is 35.5. The first-order chi connectivity index (χ1) is 16.5. The minimum Gasteiger partial charge on any atom is -0.493 e. The van der Waals surface area contributed by atoms with Gasteiger partial charge in [0.05, 0.1) is 44.3 Å². The zero-order valence-electron chi connectivity index (χ0n) is 18.8. The number of fused-ring (bicyclic) bond motifs is 1. The molecule has 1 N–H and O–H groups in total. The number of hydrogen-bond acceptors (Lipinski definition) is 6. The first-order valence-electron chi connectivity index (χ1n) is 10.3. The van der Waals surface area contributed by atoms with Crippen LogP contribution in [-0.4, -0.2) is 38.4 Å². The summed E-state index contributed by atoms with van der Waals surface area (Å²) in [7, 11) is 4.59. The fraction of sp³-hybridized carbons (Fsp3) is 0.115. The first kappa shape index (κ1) is 23.1. The van der Waals surface area contributed by atoms with Gasteiger partial charge in [-0.25, -0.2) is 10.4 Å². The number of carbonyl (C=O) groups is 1. The maximum atomic E-state index is 13.1. The molecule has 1 heterocycles. The summed E-state index contributed by atoms with van der Waals surface area (Å²) in [6.45, 7) is 0. The van der Waals surface area contributed by atoms with E-state index >= 15 is 0 Å². The smallest absolute Gasteiger partial charge is 0.272 e. The van der Waals surface area contributed by atoms with E-state index in [1.165, 1.54) is 20.4 Å². The number of hydrogen-bond donors (Lipinski definition) is 1. The van der Waals surface area contributed by atoms with Gasteiger partial charge in [0.15, 0.2) is 11.5 Å². The summed E-state index contributed by atoms with van der Waals surface area (Å²) in [5.41, 5.74) is 5.87. The van der Waals surface area contributed by atoms with Gasteiger partial charge in [0.25, 0.3) is 5.91 Å². The summed E-state index contributed by atoms with van der Waals surface area (Å²) >= 11 is 6.02. The Morgan fingerprint density at radius 2 is 1.68 bits per heavy atom. The van der Waals surface area contributed by atoms with Crippen LogP contribution in [0.15, 0.2) is 71.8 Å². The van der Waals surface area contributed by atoms with Gasteiger partial charge in [-0.15, -0.1) is 0 Å². The summed E-state index contributed by atoms with van der Waals surface area (Å²) in [6.07, 6.45) is 1.49. The molecular formula is C26H22ClN3O4. The number of rotatable bonds is 7. The van der Waals surface area contributed by atoms with Gasteiger partial charge in [-0.05, 0) is 36.4 Å². The van der Waals surface area contributed by atoms with Crippen LogP contribution in [0, 0.1) is 0 Å². The predicted molar refractivity (Wildman–Crippen MR) is 133 cm³/mol. The number of benzene rings is 3. The first-order valence-corrected chi connectivity index (χ1v) is 10.7. The summed E-state index contributed by atoms with van der Waals surface area (Å²) in [4.78, 5) is 17.8. The van der Waals surface area contributed by atoms with Crippen molar-refractivity contribution in [1.29, 1.82) is 0 Å². The Kier molecular flexibility index (Phi) is 6.94. The van der Waals surface area contributed by atoms with Crippen molar-refractivity contribution >= 4 is 34.6 Å². The number of methoxy groups -OCH3 is 3. The van der Waals surface area contributed by atoms with Gasteiger partial charge in [-0.2, -0.15) is 5.10 Å². The molecule has 8 heteroatoms. The van der Waals surface area contributed by atoms with Crippen molar-refractivity contribution in [3.8, 4) is 28.5 Å². The second kappa shape index (κ2) is 10.2. The van der Waals surface area contributed by atoms with E-state index in [-0.39, 0.29) is 5.91 Å². The van der Waals surface area contributed by atoms with E-state index in [4.69, 9.17) is 30.8 Å². The molecule has 0 spiro atoms. The number of amides is 1. The number of hydrazone groups is 1.